The van der Waals surface area contributed by atoms with E-state index in [1.54, 1.807) is 55.5 Å². The summed E-state index contributed by atoms with van der Waals surface area (Å²) in [5, 5.41) is 10.8. The van der Waals surface area contributed by atoms with E-state index in [0.29, 0.717) is 110 Å². The van der Waals surface area contributed by atoms with Crippen molar-refractivity contribution in [2.45, 2.75) is 52.1 Å². The second-order valence-corrected chi connectivity index (χ2v) is 18.5. The van der Waals surface area contributed by atoms with E-state index in [2.05, 4.69) is 67.7 Å². The van der Waals surface area contributed by atoms with Gasteiger partial charge in [0.1, 0.15) is 41.5 Å². The van der Waals surface area contributed by atoms with E-state index in [1.807, 2.05) is 32.9 Å². The van der Waals surface area contributed by atoms with Crippen molar-refractivity contribution in [3.63, 3.8) is 0 Å². The number of hydrogen-bond donors (Lipinski definition) is 3. The van der Waals surface area contributed by atoms with E-state index in [4.69, 9.17) is 23.7 Å². The Morgan fingerprint density at radius 1 is 0.692 bits per heavy atom. The minimum absolute atomic E-state index is 0.273. The molecule has 65 heavy (non-hydrogen) atoms. The normalized spacial score (nSPS) is 14.6. The highest BCUT2D eigenvalue weighted by Gasteiger charge is 2.28. The quantitative estimate of drug-likeness (QED) is 0.107. The molecule has 1 amide bonds. The topological polar surface area (TPSA) is 154 Å². The van der Waals surface area contributed by atoms with Crippen LogP contribution in [-0.2, 0) is 4.74 Å². The summed E-state index contributed by atoms with van der Waals surface area (Å²) >= 11 is 6.53. The van der Waals surface area contributed by atoms with Crippen molar-refractivity contribution in [2.24, 2.45) is 11.8 Å². The summed E-state index contributed by atoms with van der Waals surface area (Å²) in [4.78, 5) is 31.3. The van der Waals surface area contributed by atoms with Crippen LogP contribution in [0.4, 0.5) is 36.6 Å². The summed E-state index contributed by atoms with van der Waals surface area (Å²) in [6.45, 7) is 10.0. The van der Waals surface area contributed by atoms with Gasteiger partial charge in [-0.3, -0.25) is 0 Å². The van der Waals surface area contributed by atoms with Crippen LogP contribution in [0, 0.1) is 23.5 Å². The van der Waals surface area contributed by atoms with Crippen LogP contribution in [0.5, 0.6) is 23.0 Å². The van der Waals surface area contributed by atoms with Crippen LogP contribution >= 0.6 is 31.9 Å². The van der Waals surface area contributed by atoms with Crippen LogP contribution in [0.1, 0.15) is 46.5 Å². The van der Waals surface area contributed by atoms with Gasteiger partial charge in [-0.05, 0) is 120 Å². The fraction of sp³-hybridized carbons (Fsp3) is 0.383. The maximum absolute atomic E-state index is 14.4. The van der Waals surface area contributed by atoms with Crippen molar-refractivity contribution in [2.75, 3.05) is 64.2 Å². The van der Waals surface area contributed by atoms with Crippen molar-refractivity contribution >= 4 is 82.8 Å². The molecule has 344 valence electrons. The Morgan fingerprint density at radius 3 is 1.58 bits per heavy atom. The molecule has 18 heteroatoms. The molecule has 0 atom stereocenters. The van der Waals surface area contributed by atoms with Crippen molar-refractivity contribution in [3.8, 4) is 23.0 Å². The van der Waals surface area contributed by atoms with Crippen LogP contribution in [-0.4, -0.2) is 90.1 Å². The van der Waals surface area contributed by atoms with Gasteiger partial charge in [-0.25, -0.2) is 33.5 Å². The van der Waals surface area contributed by atoms with Crippen molar-refractivity contribution in [1.82, 2.24) is 30.2 Å². The van der Waals surface area contributed by atoms with Crippen LogP contribution in [0.3, 0.4) is 0 Å². The summed E-state index contributed by atoms with van der Waals surface area (Å²) < 4.78 is 58.7. The molecule has 2 aromatic heterocycles. The second kappa shape index (κ2) is 21.6. The number of benzene rings is 4. The van der Waals surface area contributed by atoms with Gasteiger partial charge in [-0.15, -0.1) is 0 Å². The average molecular weight is 1020 g/mol. The van der Waals surface area contributed by atoms with Gasteiger partial charge < -0.3 is 44.5 Å². The molecular formula is C47H52Br2F2N8O6. The molecule has 2 fully saturated rings. The molecule has 3 N–H and O–H groups in total. The SMILES string of the molecule is COc1cc2c(Nc3ccc(Br)cc3F)ncnc2cc1OCC1CCN(C(=O)OC(C)(C)C)CC1.COc1cc2c(Nc3ccc(Br)cc3F)ncnc2cc1OCC1CCNCC1. The van der Waals surface area contributed by atoms with E-state index < -0.39 is 11.4 Å². The van der Waals surface area contributed by atoms with Crippen LogP contribution in [0.2, 0.25) is 0 Å². The van der Waals surface area contributed by atoms with Crippen molar-refractivity contribution in [1.29, 1.82) is 0 Å². The van der Waals surface area contributed by atoms with Crippen molar-refractivity contribution < 1.29 is 37.3 Å². The number of carbonyl (C=O) groups is 1. The lowest BCUT2D eigenvalue weighted by Gasteiger charge is -2.33. The van der Waals surface area contributed by atoms with Gasteiger partial charge in [-0.2, -0.15) is 0 Å². The molecular weight excluding hydrogens is 970 g/mol. The van der Waals surface area contributed by atoms with Crippen LogP contribution in [0.15, 0.2) is 82.3 Å². The molecule has 0 radical (unpaired) electrons. The number of aromatic nitrogens is 4. The minimum atomic E-state index is -0.505. The molecule has 4 heterocycles. The number of methoxy groups -OCH3 is 2. The lowest BCUT2D eigenvalue weighted by atomic mass is 9.98. The van der Waals surface area contributed by atoms with Crippen molar-refractivity contribution in [3.05, 3.63) is 93.9 Å². The second-order valence-electron chi connectivity index (χ2n) is 16.7. The van der Waals surface area contributed by atoms with E-state index in [0.717, 1.165) is 44.2 Å². The largest absolute Gasteiger partial charge is 0.493 e. The van der Waals surface area contributed by atoms with E-state index >= 15 is 0 Å². The number of amides is 1. The number of fused-ring (bicyclic) bond motifs is 2. The van der Waals surface area contributed by atoms with Gasteiger partial charge >= 0.3 is 6.09 Å². The molecule has 4 aromatic carbocycles. The van der Waals surface area contributed by atoms with Gasteiger partial charge in [0.25, 0.3) is 0 Å². The van der Waals surface area contributed by atoms with Crippen LogP contribution in [0.25, 0.3) is 21.8 Å². The maximum atomic E-state index is 14.4. The number of ether oxygens (including phenoxy) is 5. The standard InChI is InChI=1S/C26H30BrFN4O4.C21H22BrFN4O2/c1-26(2,3)36-25(33)32-9-7-16(8-10-32)14-35-23-13-21-18(12-22(23)34-4)24(30-15-29-21)31-20-6-5-17(27)11-19(20)28;1-28-19-9-15-18(10-20(19)29-11-13-4-6-24-7-5-13)25-12-26-21(15)27-17-3-2-14(22)8-16(17)23/h5-6,11-13,15-16H,7-10,14H2,1-4H3,(H,29,30,31);2-3,8-10,12-13,24H,4-7,11H2,1H3,(H,25,26,27). The fourth-order valence-electron chi connectivity index (χ4n) is 7.38. The molecule has 8 rings (SSSR count). The predicted octanol–water partition coefficient (Wildman–Crippen LogP) is 11.0. The first-order chi connectivity index (χ1) is 31.3. The van der Waals surface area contributed by atoms with Gasteiger partial charge in [0.2, 0.25) is 0 Å². The third-order valence-corrected chi connectivity index (χ3v) is 11.9. The summed E-state index contributed by atoms with van der Waals surface area (Å²) in [5.74, 6) is 3.35. The number of likely N-dealkylation sites (tertiary alicyclic amines) is 1. The molecule has 6 aromatic rings. The molecule has 2 saturated heterocycles. The number of halogens is 4. The molecule has 2 aliphatic rings. The first kappa shape index (κ1) is 47.4. The first-order valence-electron chi connectivity index (χ1n) is 21.3. The maximum Gasteiger partial charge on any atom is 0.410 e. The van der Waals surface area contributed by atoms with Gasteiger partial charge in [-0.1, -0.05) is 31.9 Å². The number of piperidine rings is 2. The lowest BCUT2D eigenvalue weighted by Crippen LogP contribution is -2.42. The fourth-order valence-corrected chi connectivity index (χ4v) is 8.05. The zero-order valence-corrected chi connectivity index (χ0v) is 40.0. The predicted molar refractivity (Wildman–Crippen MR) is 254 cm³/mol. The number of nitrogens with zero attached hydrogens (tertiary/aromatic N) is 5. The minimum Gasteiger partial charge on any atom is -0.493 e. The number of carbonyl (C=O) groups excluding carboxylic acids is 1. The molecule has 0 bridgehead atoms. The smallest absolute Gasteiger partial charge is 0.410 e. The van der Waals surface area contributed by atoms with Crippen LogP contribution < -0.4 is 34.9 Å². The van der Waals surface area contributed by atoms with Gasteiger partial charge in [0, 0.05) is 44.9 Å². The molecule has 2 aliphatic heterocycles. The molecule has 0 saturated carbocycles. The highest BCUT2D eigenvalue weighted by Crippen LogP contribution is 2.38. The Kier molecular flexibility index (Phi) is 15.7. The summed E-state index contributed by atoms with van der Waals surface area (Å²) in [6, 6.07) is 16.9. The van der Waals surface area contributed by atoms with Gasteiger partial charge in [0.05, 0.1) is 49.8 Å². The number of rotatable bonds is 12. The zero-order valence-electron chi connectivity index (χ0n) is 36.9. The third-order valence-electron chi connectivity index (χ3n) is 10.9. The monoisotopic (exact) mass is 1020 g/mol. The molecule has 0 aliphatic carbocycles. The first-order valence-corrected chi connectivity index (χ1v) is 22.9. The Balaban J connectivity index is 0.000000198. The number of hydrogen-bond acceptors (Lipinski definition) is 13. The molecule has 0 spiro atoms. The Hall–Kier alpha value is -5.59. The zero-order chi connectivity index (χ0) is 46.1. The van der Waals surface area contributed by atoms with E-state index in [-0.39, 0.29) is 11.9 Å². The Labute approximate surface area is 393 Å². The Bertz CT molecular complexity index is 2610. The molecule has 0 unspecified atom stereocenters. The molecule has 14 nitrogen and oxygen atoms in total. The average Bonchev–Trinajstić information content (AvgIpc) is 3.29. The van der Waals surface area contributed by atoms with E-state index in [1.165, 1.54) is 24.8 Å². The third kappa shape index (κ3) is 12.6. The van der Waals surface area contributed by atoms with Gasteiger partial charge in [0.15, 0.2) is 23.0 Å². The highest BCUT2D eigenvalue weighted by molar-refractivity contribution is 9.10. The Morgan fingerprint density at radius 2 is 1.15 bits per heavy atom. The highest BCUT2D eigenvalue weighted by atomic mass is 79.9. The summed E-state index contributed by atoms with van der Waals surface area (Å²) in [7, 11) is 3.17. The lowest BCUT2D eigenvalue weighted by molar-refractivity contribution is 0.0164. The number of anilines is 4. The summed E-state index contributed by atoms with van der Waals surface area (Å²) in [6.07, 6.45) is 6.45. The van der Waals surface area contributed by atoms with E-state index in [9.17, 15) is 13.6 Å². The summed E-state index contributed by atoms with van der Waals surface area (Å²) in [5.41, 5.74) is 1.46. The number of nitrogens with one attached hydrogen (secondary N) is 3.